The van der Waals surface area contributed by atoms with E-state index in [9.17, 15) is 9.59 Å². The standard InChI is InChI=1S/C15H19N3O4/c1-9-3-4-11-13(17-15(20)14(19)16-11)10(9)7-18(2)8-12-21-5-6-22-12/h3-4,12H,5-8H2,1-2H3,(H,16,19)(H,17,20). The second kappa shape index (κ2) is 6.04. The largest absolute Gasteiger partial charge is 0.349 e. The lowest BCUT2D eigenvalue weighted by atomic mass is 10.1. The summed E-state index contributed by atoms with van der Waals surface area (Å²) in [4.78, 5) is 30.4. The van der Waals surface area contributed by atoms with Gasteiger partial charge in [0.05, 0.1) is 24.2 Å². The fourth-order valence-corrected chi connectivity index (χ4v) is 2.65. The molecule has 0 bridgehead atoms. The maximum absolute atomic E-state index is 11.6. The fourth-order valence-electron chi connectivity index (χ4n) is 2.65. The van der Waals surface area contributed by atoms with Crippen molar-refractivity contribution < 1.29 is 9.47 Å². The molecule has 0 spiro atoms. The monoisotopic (exact) mass is 305 g/mol. The van der Waals surface area contributed by atoms with E-state index in [0.717, 1.165) is 11.1 Å². The lowest BCUT2D eigenvalue weighted by Gasteiger charge is -2.21. The van der Waals surface area contributed by atoms with E-state index in [0.29, 0.717) is 37.3 Å². The van der Waals surface area contributed by atoms with Gasteiger partial charge in [0.25, 0.3) is 0 Å². The molecule has 1 aromatic carbocycles. The van der Waals surface area contributed by atoms with Gasteiger partial charge in [0.2, 0.25) is 0 Å². The Hall–Kier alpha value is -1.96. The molecule has 2 N–H and O–H groups in total. The van der Waals surface area contributed by atoms with Crippen LogP contribution in [0.2, 0.25) is 0 Å². The Morgan fingerprint density at radius 2 is 1.86 bits per heavy atom. The molecule has 1 aromatic heterocycles. The van der Waals surface area contributed by atoms with Crippen LogP contribution < -0.4 is 11.1 Å². The van der Waals surface area contributed by atoms with Crippen molar-refractivity contribution >= 4 is 11.0 Å². The molecule has 118 valence electrons. The summed E-state index contributed by atoms with van der Waals surface area (Å²) in [6, 6.07) is 3.73. The van der Waals surface area contributed by atoms with Gasteiger partial charge >= 0.3 is 11.1 Å². The molecule has 3 rings (SSSR count). The number of aromatic nitrogens is 2. The molecule has 0 atom stereocenters. The van der Waals surface area contributed by atoms with Crippen LogP contribution in [-0.4, -0.2) is 48.0 Å². The number of nitrogens with zero attached hydrogens (tertiary/aromatic N) is 1. The third-order valence-electron chi connectivity index (χ3n) is 3.82. The summed E-state index contributed by atoms with van der Waals surface area (Å²) >= 11 is 0. The van der Waals surface area contributed by atoms with Gasteiger partial charge in [-0.05, 0) is 31.2 Å². The van der Waals surface area contributed by atoms with E-state index in [1.807, 2.05) is 20.0 Å². The number of benzene rings is 1. The summed E-state index contributed by atoms with van der Waals surface area (Å²) < 4.78 is 10.9. The van der Waals surface area contributed by atoms with E-state index in [2.05, 4.69) is 14.9 Å². The Labute approximate surface area is 126 Å². The van der Waals surface area contributed by atoms with E-state index < -0.39 is 11.1 Å². The number of hydrogen-bond acceptors (Lipinski definition) is 5. The van der Waals surface area contributed by atoms with Crippen molar-refractivity contribution in [2.45, 2.75) is 19.8 Å². The van der Waals surface area contributed by atoms with Crippen LogP contribution >= 0.6 is 0 Å². The average molecular weight is 305 g/mol. The first kappa shape index (κ1) is 15.0. The molecule has 0 aliphatic carbocycles. The highest BCUT2D eigenvalue weighted by atomic mass is 16.7. The predicted octanol–water partition coefficient (Wildman–Crippen LogP) is 0.330. The molecule has 1 aliphatic heterocycles. The second-order valence-electron chi connectivity index (χ2n) is 5.56. The predicted molar refractivity (Wildman–Crippen MR) is 82.0 cm³/mol. The molecule has 0 radical (unpaired) electrons. The highest BCUT2D eigenvalue weighted by Gasteiger charge is 2.19. The molecular weight excluding hydrogens is 286 g/mol. The van der Waals surface area contributed by atoms with Crippen molar-refractivity contribution in [1.82, 2.24) is 14.9 Å². The molecule has 7 nitrogen and oxygen atoms in total. The van der Waals surface area contributed by atoms with Crippen molar-refractivity contribution in [3.8, 4) is 0 Å². The number of aromatic amines is 2. The van der Waals surface area contributed by atoms with Crippen LogP contribution in [0.3, 0.4) is 0 Å². The van der Waals surface area contributed by atoms with Crippen LogP contribution in [0.1, 0.15) is 11.1 Å². The molecule has 2 heterocycles. The minimum Gasteiger partial charge on any atom is -0.349 e. The molecule has 22 heavy (non-hydrogen) atoms. The number of aryl methyl sites for hydroxylation is 1. The summed E-state index contributed by atoms with van der Waals surface area (Å²) in [5, 5.41) is 0. The fraction of sp³-hybridized carbons (Fsp3) is 0.467. The van der Waals surface area contributed by atoms with Crippen molar-refractivity contribution in [3.63, 3.8) is 0 Å². The molecular formula is C15H19N3O4. The van der Waals surface area contributed by atoms with Gasteiger partial charge in [-0.15, -0.1) is 0 Å². The maximum atomic E-state index is 11.6. The molecule has 1 saturated heterocycles. The Morgan fingerprint density at radius 1 is 1.18 bits per heavy atom. The molecule has 1 fully saturated rings. The quantitative estimate of drug-likeness (QED) is 0.795. The second-order valence-corrected chi connectivity index (χ2v) is 5.56. The lowest BCUT2D eigenvalue weighted by molar-refractivity contribution is -0.0592. The van der Waals surface area contributed by atoms with Gasteiger partial charge in [-0.1, -0.05) is 6.07 Å². The number of ether oxygens (including phenoxy) is 2. The Balaban J connectivity index is 1.91. The first-order valence-electron chi connectivity index (χ1n) is 7.21. The van der Waals surface area contributed by atoms with Gasteiger partial charge in [0.1, 0.15) is 0 Å². The van der Waals surface area contributed by atoms with Gasteiger partial charge in [-0.3, -0.25) is 14.5 Å². The first-order valence-corrected chi connectivity index (χ1v) is 7.21. The summed E-state index contributed by atoms with van der Waals surface area (Å²) in [7, 11) is 1.97. The molecule has 7 heteroatoms. The van der Waals surface area contributed by atoms with Gasteiger partial charge in [-0.2, -0.15) is 0 Å². The van der Waals surface area contributed by atoms with E-state index >= 15 is 0 Å². The van der Waals surface area contributed by atoms with Crippen LogP contribution in [0.25, 0.3) is 11.0 Å². The van der Waals surface area contributed by atoms with Crippen molar-refractivity contribution in [1.29, 1.82) is 0 Å². The number of nitrogens with one attached hydrogen (secondary N) is 2. The van der Waals surface area contributed by atoms with Crippen LogP contribution in [-0.2, 0) is 16.0 Å². The molecule has 0 saturated carbocycles. The number of fused-ring (bicyclic) bond motifs is 1. The topological polar surface area (TPSA) is 87.4 Å². The zero-order chi connectivity index (χ0) is 15.7. The molecule has 2 aromatic rings. The number of H-pyrrole nitrogens is 2. The van der Waals surface area contributed by atoms with Gasteiger partial charge < -0.3 is 19.4 Å². The summed E-state index contributed by atoms with van der Waals surface area (Å²) in [6.45, 7) is 4.49. The molecule has 0 amide bonds. The van der Waals surface area contributed by atoms with Gasteiger partial charge in [0.15, 0.2) is 6.29 Å². The summed E-state index contributed by atoms with van der Waals surface area (Å²) in [5.74, 6) is 0. The Morgan fingerprint density at radius 3 is 2.59 bits per heavy atom. The Bertz CT molecular complexity index is 789. The summed E-state index contributed by atoms with van der Waals surface area (Å²) in [5.41, 5.74) is 2.06. The number of hydrogen-bond donors (Lipinski definition) is 2. The van der Waals surface area contributed by atoms with Crippen LogP contribution in [0, 0.1) is 6.92 Å². The maximum Gasteiger partial charge on any atom is 0.314 e. The van der Waals surface area contributed by atoms with Crippen LogP contribution in [0.5, 0.6) is 0 Å². The smallest absolute Gasteiger partial charge is 0.314 e. The molecule has 0 unspecified atom stereocenters. The zero-order valence-electron chi connectivity index (χ0n) is 12.6. The number of likely N-dealkylation sites (N-methyl/N-ethyl adjacent to an activating group) is 1. The first-order chi connectivity index (χ1) is 10.5. The SMILES string of the molecule is Cc1ccc2[nH]c(=O)c(=O)[nH]c2c1CN(C)CC1OCCO1. The van der Waals surface area contributed by atoms with E-state index in [-0.39, 0.29) is 6.29 Å². The van der Waals surface area contributed by atoms with Crippen LogP contribution in [0.4, 0.5) is 0 Å². The minimum atomic E-state index is -0.636. The van der Waals surface area contributed by atoms with Crippen molar-refractivity contribution in [3.05, 3.63) is 44.0 Å². The highest BCUT2D eigenvalue weighted by Crippen LogP contribution is 2.19. The number of rotatable bonds is 4. The van der Waals surface area contributed by atoms with Crippen molar-refractivity contribution in [2.24, 2.45) is 0 Å². The minimum absolute atomic E-state index is 0.209. The van der Waals surface area contributed by atoms with E-state index in [1.54, 1.807) is 6.07 Å². The van der Waals surface area contributed by atoms with E-state index in [4.69, 9.17) is 9.47 Å². The average Bonchev–Trinajstić information content (AvgIpc) is 2.97. The Kier molecular flexibility index (Phi) is 4.10. The van der Waals surface area contributed by atoms with Crippen molar-refractivity contribution in [2.75, 3.05) is 26.8 Å². The van der Waals surface area contributed by atoms with Gasteiger partial charge in [0, 0.05) is 13.1 Å². The third kappa shape index (κ3) is 2.96. The lowest BCUT2D eigenvalue weighted by Crippen LogP contribution is -2.31. The highest BCUT2D eigenvalue weighted by molar-refractivity contribution is 5.78. The molecule has 1 aliphatic rings. The zero-order valence-corrected chi connectivity index (χ0v) is 12.6. The van der Waals surface area contributed by atoms with Gasteiger partial charge in [-0.25, -0.2) is 0 Å². The normalized spacial score (nSPS) is 16.0. The third-order valence-corrected chi connectivity index (χ3v) is 3.82. The van der Waals surface area contributed by atoms with E-state index in [1.165, 1.54) is 0 Å². The van der Waals surface area contributed by atoms with Crippen LogP contribution in [0.15, 0.2) is 21.7 Å². The summed E-state index contributed by atoms with van der Waals surface area (Å²) in [6.07, 6.45) is -0.209.